The predicted molar refractivity (Wildman–Crippen MR) is 92.8 cm³/mol. The van der Waals surface area contributed by atoms with Crippen LogP contribution in [0.4, 0.5) is 0 Å². The molecule has 0 aliphatic rings. The summed E-state index contributed by atoms with van der Waals surface area (Å²) in [5, 5.41) is 3.45. The maximum atomic E-state index is 3.45. The van der Waals surface area contributed by atoms with Gasteiger partial charge in [-0.1, -0.05) is 32.0 Å². The Bertz CT molecular complexity index is 389. The molecule has 114 valence electrons. The summed E-state index contributed by atoms with van der Waals surface area (Å²) in [5.74, 6) is 2.35. The maximum absolute atomic E-state index is 3.45. The third kappa shape index (κ3) is 5.47. The van der Waals surface area contributed by atoms with E-state index >= 15 is 0 Å². The Balaban J connectivity index is 2.45. The van der Waals surface area contributed by atoms with E-state index in [0.29, 0.717) is 6.04 Å². The van der Waals surface area contributed by atoms with Gasteiger partial charge in [0, 0.05) is 24.1 Å². The van der Waals surface area contributed by atoms with Gasteiger partial charge in [-0.3, -0.25) is 0 Å². The normalized spacial score (nSPS) is 12.9. The SMILES string of the molecule is CCN(CC)CCSCC(NC)c1ccc(C)c(C)c1. The van der Waals surface area contributed by atoms with E-state index in [0.717, 1.165) is 18.8 Å². The Morgan fingerprint density at radius 2 is 1.85 bits per heavy atom. The lowest BCUT2D eigenvalue weighted by atomic mass is 10.0. The van der Waals surface area contributed by atoms with Crippen molar-refractivity contribution in [3.8, 4) is 0 Å². The molecular weight excluding hydrogens is 264 g/mol. The minimum absolute atomic E-state index is 0.455. The number of benzene rings is 1. The average Bonchev–Trinajstić information content (AvgIpc) is 2.46. The first kappa shape index (κ1) is 17.5. The van der Waals surface area contributed by atoms with Gasteiger partial charge in [-0.05, 0) is 50.7 Å². The Kier molecular flexibility index (Phi) is 8.27. The Hall–Kier alpha value is -0.510. The summed E-state index contributed by atoms with van der Waals surface area (Å²) in [4.78, 5) is 2.48. The fraction of sp³-hybridized carbons (Fsp3) is 0.647. The van der Waals surface area contributed by atoms with E-state index < -0.39 is 0 Å². The summed E-state index contributed by atoms with van der Waals surface area (Å²) >= 11 is 2.05. The van der Waals surface area contributed by atoms with E-state index in [4.69, 9.17) is 0 Å². The predicted octanol–water partition coefficient (Wildman–Crippen LogP) is 3.64. The molecule has 0 saturated heterocycles. The highest BCUT2D eigenvalue weighted by Crippen LogP contribution is 2.20. The molecule has 1 atom stereocenters. The summed E-state index contributed by atoms with van der Waals surface area (Å²) in [6, 6.07) is 7.27. The highest BCUT2D eigenvalue weighted by molar-refractivity contribution is 7.99. The molecule has 0 aliphatic carbocycles. The van der Waals surface area contributed by atoms with Crippen LogP contribution in [0.15, 0.2) is 18.2 Å². The van der Waals surface area contributed by atoms with Gasteiger partial charge in [0.1, 0.15) is 0 Å². The molecule has 0 aromatic heterocycles. The molecule has 0 fully saturated rings. The van der Waals surface area contributed by atoms with Crippen molar-refractivity contribution in [3.63, 3.8) is 0 Å². The molecule has 0 bridgehead atoms. The zero-order valence-corrected chi connectivity index (χ0v) is 14.5. The third-order valence-corrected chi connectivity index (χ3v) is 5.05. The molecule has 1 N–H and O–H groups in total. The first-order valence-corrected chi connectivity index (χ1v) is 8.82. The lowest BCUT2D eigenvalue weighted by Crippen LogP contribution is -2.26. The van der Waals surface area contributed by atoms with Gasteiger partial charge >= 0.3 is 0 Å². The monoisotopic (exact) mass is 294 g/mol. The quantitative estimate of drug-likeness (QED) is 0.700. The van der Waals surface area contributed by atoms with Crippen LogP contribution in [0, 0.1) is 13.8 Å². The minimum Gasteiger partial charge on any atom is -0.312 e. The van der Waals surface area contributed by atoms with Gasteiger partial charge in [0.05, 0.1) is 0 Å². The van der Waals surface area contributed by atoms with Gasteiger partial charge in [0.25, 0.3) is 0 Å². The minimum atomic E-state index is 0.455. The van der Waals surface area contributed by atoms with Crippen LogP contribution in [0.1, 0.15) is 36.6 Å². The van der Waals surface area contributed by atoms with Crippen molar-refractivity contribution in [2.45, 2.75) is 33.7 Å². The van der Waals surface area contributed by atoms with Crippen molar-refractivity contribution in [3.05, 3.63) is 34.9 Å². The second kappa shape index (κ2) is 9.43. The molecule has 1 aromatic rings. The molecule has 0 saturated carbocycles. The summed E-state index contributed by atoms with van der Waals surface area (Å²) in [6.07, 6.45) is 0. The molecule has 1 unspecified atom stereocenters. The molecule has 0 radical (unpaired) electrons. The Morgan fingerprint density at radius 1 is 1.15 bits per heavy atom. The van der Waals surface area contributed by atoms with Gasteiger partial charge in [-0.15, -0.1) is 0 Å². The number of thioether (sulfide) groups is 1. The van der Waals surface area contributed by atoms with Crippen molar-refractivity contribution in [2.24, 2.45) is 0 Å². The van der Waals surface area contributed by atoms with Gasteiger partial charge in [0.2, 0.25) is 0 Å². The van der Waals surface area contributed by atoms with Crippen LogP contribution in [0.2, 0.25) is 0 Å². The van der Waals surface area contributed by atoms with Crippen LogP contribution in [-0.4, -0.2) is 43.1 Å². The molecule has 2 nitrogen and oxygen atoms in total. The van der Waals surface area contributed by atoms with Crippen LogP contribution in [0.3, 0.4) is 0 Å². The highest BCUT2D eigenvalue weighted by Gasteiger charge is 2.10. The molecule has 1 rings (SSSR count). The fourth-order valence-electron chi connectivity index (χ4n) is 2.26. The molecular formula is C17H30N2S. The zero-order chi connectivity index (χ0) is 15.0. The van der Waals surface area contributed by atoms with Crippen molar-refractivity contribution >= 4 is 11.8 Å². The van der Waals surface area contributed by atoms with Crippen molar-refractivity contribution in [1.29, 1.82) is 0 Å². The van der Waals surface area contributed by atoms with Crippen LogP contribution >= 0.6 is 11.8 Å². The average molecular weight is 295 g/mol. The number of hydrogen-bond donors (Lipinski definition) is 1. The summed E-state index contributed by atoms with van der Waals surface area (Å²) in [7, 11) is 2.06. The van der Waals surface area contributed by atoms with Crippen LogP contribution in [-0.2, 0) is 0 Å². The number of nitrogens with one attached hydrogen (secondary N) is 1. The van der Waals surface area contributed by atoms with Crippen molar-refractivity contribution < 1.29 is 0 Å². The molecule has 0 aliphatic heterocycles. The van der Waals surface area contributed by atoms with E-state index in [9.17, 15) is 0 Å². The second-order valence-corrected chi connectivity index (χ2v) is 6.44. The number of aryl methyl sites for hydroxylation is 2. The molecule has 0 spiro atoms. The number of rotatable bonds is 9. The highest BCUT2D eigenvalue weighted by atomic mass is 32.2. The molecule has 20 heavy (non-hydrogen) atoms. The van der Waals surface area contributed by atoms with Crippen LogP contribution < -0.4 is 5.32 Å². The van der Waals surface area contributed by atoms with E-state index in [2.05, 4.69) is 63.2 Å². The number of nitrogens with zero attached hydrogens (tertiary/aromatic N) is 1. The van der Waals surface area contributed by atoms with E-state index in [-0.39, 0.29) is 0 Å². The molecule has 3 heteroatoms. The second-order valence-electron chi connectivity index (χ2n) is 5.29. The Labute approximate surface area is 129 Å². The number of hydrogen-bond acceptors (Lipinski definition) is 3. The van der Waals surface area contributed by atoms with Gasteiger partial charge in [-0.2, -0.15) is 11.8 Å². The molecule has 0 heterocycles. The van der Waals surface area contributed by atoms with Crippen LogP contribution in [0.5, 0.6) is 0 Å². The van der Waals surface area contributed by atoms with Gasteiger partial charge in [0.15, 0.2) is 0 Å². The lowest BCUT2D eigenvalue weighted by molar-refractivity contribution is 0.324. The van der Waals surface area contributed by atoms with Gasteiger partial charge in [-0.25, -0.2) is 0 Å². The topological polar surface area (TPSA) is 15.3 Å². The summed E-state index contributed by atoms with van der Waals surface area (Å²) in [5.41, 5.74) is 4.17. The first-order chi connectivity index (χ1) is 9.62. The van der Waals surface area contributed by atoms with E-state index in [1.54, 1.807) is 0 Å². The van der Waals surface area contributed by atoms with E-state index in [1.165, 1.54) is 29.0 Å². The third-order valence-electron chi connectivity index (χ3n) is 4.01. The van der Waals surface area contributed by atoms with Crippen molar-refractivity contribution in [2.75, 3.05) is 38.2 Å². The lowest BCUT2D eigenvalue weighted by Gasteiger charge is -2.20. The first-order valence-electron chi connectivity index (χ1n) is 7.66. The smallest absolute Gasteiger partial charge is 0.0409 e. The van der Waals surface area contributed by atoms with Gasteiger partial charge < -0.3 is 10.2 Å². The van der Waals surface area contributed by atoms with E-state index in [1.807, 2.05) is 11.8 Å². The molecule has 1 aromatic carbocycles. The Morgan fingerprint density at radius 3 is 2.40 bits per heavy atom. The van der Waals surface area contributed by atoms with Crippen molar-refractivity contribution in [1.82, 2.24) is 10.2 Å². The largest absolute Gasteiger partial charge is 0.312 e. The summed E-state index contributed by atoms with van der Waals surface area (Å²) in [6.45, 7) is 12.3. The standard InChI is InChI=1S/C17H30N2S/c1-6-19(7-2)10-11-20-13-17(18-5)16-9-8-14(3)15(4)12-16/h8-9,12,17-18H,6-7,10-11,13H2,1-5H3. The molecule has 0 amide bonds. The zero-order valence-electron chi connectivity index (χ0n) is 13.7. The summed E-state index contributed by atoms with van der Waals surface area (Å²) < 4.78 is 0. The fourth-order valence-corrected chi connectivity index (χ4v) is 3.41. The van der Waals surface area contributed by atoms with Crippen LogP contribution in [0.25, 0.3) is 0 Å². The maximum Gasteiger partial charge on any atom is 0.0409 e.